The van der Waals surface area contributed by atoms with Crippen molar-refractivity contribution in [2.24, 2.45) is 0 Å². The molecule has 0 bridgehead atoms. The van der Waals surface area contributed by atoms with Crippen LogP contribution in [0.5, 0.6) is 11.5 Å². The summed E-state index contributed by atoms with van der Waals surface area (Å²) in [5, 5.41) is 3.14. The van der Waals surface area contributed by atoms with Gasteiger partial charge in [-0.05, 0) is 104 Å². The Morgan fingerprint density at radius 2 is 1.12 bits per heavy atom. The number of fused-ring (bicyclic) bond motifs is 2. The molecule has 6 aromatic rings. The number of hydrogen-bond acceptors (Lipinski definition) is 10. The van der Waals surface area contributed by atoms with E-state index in [-0.39, 0.29) is 73.7 Å². The zero-order valence-corrected chi connectivity index (χ0v) is 42.8. The molecule has 0 saturated heterocycles. The van der Waals surface area contributed by atoms with Crippen molar-refractivity contribution in [1.29, 1.82) is 0 Å². The second-order valence-corrected chi connectivity index (χ2v) is 20.3. The molecule has 8 rings (SSSR count). The van der Waals surface area contributed by atoms with Crippen LogP contribution in [0.15, 0.2) is 109 Å². The second kappa shape index (κ2) is 24.2. The van der Waals surface area contributed by atoms with Crippen molar-refractivity contribution in [3.63, 3.8) is 0 Å². The molecule has 73 heavy (non-hydrogen) atoms. The summed E-state index contributed by atoms with van der Waals surface area (Å²) in [6.07, 6.45) is -7.30. The van der Waals surface area contributed by atoms with Crippen molar-refractivity contribution in [2.45, 2.75) is 91.5 Å². The number of carbonyl (C=O) groups excluding carboxylic acids is 3. The molecule has 1 N–H and O–H groups in total. The zero-order valence-electron chi connectivity index (χ0n) is 41.2. The van der Waals surface area contributed by atoms with E-state index in [1.54, 1.807) is 102 Å². The number of ether oxygens (including phenoxy) is 3. The molecule has 0 fully saturated rings. The molecule has 2 aromatic heterocycles. The number of nitrogens with one attached hydrogen (secondary N) is 1. The van der Waals surface area contributed by atoms with Crippen molar-refractivity contribution in [3.8, 4) is 33.8 Å². The summed E-state index contributed by atoms with van der Waals surface area (Å²) in [6.45, 7) is 12.1. The summed E-state index contributed by atoms with van der Waals surface area (Å²) in [6, 6.07) is 31.4. The van der Waals surface area contributed by atoms with Crippen LogP contribution >= 0.6 is 22.7 Å². The fourth-order valence-electron chi connectivity index (χ4n) is 8.51. The number of anilines is 2. The van der Waals surface area contributed by atoms with E-state index in [2.05, 4.69) is 5.32 Å². The highest BCUT2D eigenvalue weighted by Gasteiger charge is 2.38. The highest BCUT2D eigenvalue weighted by Crippen LogP contribution is 2.45. The number of rotatable bonds is 18. The molecule has 2 amide bonds. The SMILES string of the molecule is CC(C)NCC(=O)N1CCc2cc(OCc3cc(-c4ccccc4)c(C(F)(F)F)s3)ccc21.CCOC(=O)CCN(CC(=O)N1CCc2cc(OCc3cc(-c4ccccc4)c(C(F)(F)F)s3)ccc21)C(C)C. The number of amides is 2. The molecule has 2 aliphatic rings. The van der Waals surface area contributed by atoms with Crippen LogP contribution in [0.1, 0.15) is 71.7 Å². The molecular formula is C55H58F6N4O6S2. The molecule has 0 saturated carbocycles. The van der Waals surface area contributed by atoms with Gasteiger partial charge in [0, 0.05) is 64.0 Å². The molecule has 4 aromatic carbocycles. The topological polar surface area (TPSA) is 101 Å². The molecule has 0 atom stereocenters. The number of hydrogen-bond donors (Lipinski definition) is 1. The van der Waals surface area contributed by atoms with E-state index in [0.29, 0.717) is 87.7 Å². The summed E-state index contributed by atoms with van der Waals surface area (Å²) in [5.74, 6) is 0.786. The molecular weight excluding hydrogens is 991 g/mol. The third-order valence-electron chi connectivity index (χ3n) is 12.1. The minimum atomic E-state index is -4.46. The minimum absolute atomic E-state index is 0.00578. The maximum Gasteiger partial charge on any atom is 0.426 e. The van der Waals surface area contributed by atoms with E-state index < -0.39 is 22.1 Å². The molecule has 0 unspecified atom stereocenters. The van der Waals surface area contributed by atoms with Gasteiger partial charge >= 0.3 is 18.3 Å². The van der Waals surface area contributed by atoms with Crippen LogP contribution in [0.3, 0.4) is 0 Å². The van der Waals surface area contributed by atoms with Gasteiger partial charge in [0.2, 0.25) is 11.8 Å². The summed E-state index contributed by atoms with van der Waals surface area (Å²) >= 11 is 1.40. The van der Waals surface area contributed by atoms with Gasteiger partial charge < -0.3 is 29.3 Å². The molecule has 18 heteroatoms. The van der Waals surface area contributed by atoms with Crippen LogP contribution < -0.4 is 24.6 Å². The van der Waals surface area contributed by atoms with Crippen LogP contribution in [-0.2, 0) is 57.5 Å². The van der Waals surface area contributed by atoms with Gasteiger partial charge in [-0.1, -0.05) is 74.5 Å². The predicted octanol–water partition coefficient (Wildman–Crippen LogP) is 12.5. The Hall–Kier alpha value is -6.21. The van der Waals surface area contributed by atoms with Gasteiger partial charge in [-0.25, -0.2) is 0 Å². The van der Waals surface area contributed by atoms with E-state index >= 15 is 0 Å². The van der Waals surface area contributed by atoms with E-state index in [1.807, 2.05) is 56.9 Å². The molecule has 2 aliphatic heterocycles. The van der Waals surface area contributed by atoms with E-state index in [1.165, 1.54) is 0 Å². The van der Waals surface area contributed by atoms with E-state index in [0.717, 1.165) is 28.9 Å². The number of carbonyl (C=O) groups is 3. The first-order valence-electron chi connectivity index (χ1n) is 24.0. The van der Waals surface area contributed by atoms with Gasteiger partial charge in [-0.3, -0.25) is 19.3 Å². The van der Waals surface area contributed by atoms with Gasteiger partial charge in [-0.15, -0.1) is 22.7 Å². The van der Waals surface area contributed by atoms with Gasteiger partial charge in [-0.2, -0.15) is 26.3 Å². The number of halogens is 6. The summed E-state index contributed by atoms with van der Waals surface area (Å²) in [5.41, 5.74) is 4.96. The Balaban J connectivity index is 0.000000218. The number of benzene rings is 4. The van der Waals surface area contributed by atoms with Gasteiger partial charge in [0.05, 0.1) is 26.1 Å². The van der Waals surface area contributed by atoms with Crippen LogP contribution in [0, 0.1) is 0 Å². The number of thiophene rings is 2. The molecule has 0 radical (unpaired) electrons. The lowest BCUT2D eigenvalue weighted by Gasteiger charge is -2.28. The highest BCUT2D eigenvalue weighted by atomic mass is 32.1. The lowest BCUT2D eigenvalue weighted by molar-refractivity contribution is -0.144. The summed E-state index contributed by atoms with van der Waals surface area (Å²) in [7, 11) is 0. The quantitative estimate of drug-likeness (QED) is 0.0671. The first-order chi connectivity index (χ1) is 34.8. The second-order valence-electron chi connectivity index (χ2n) is 18.0. The Morgan fingerprint density at radius 3 is 1.55 bits per heavy atom. The Kier molecular flexibility index (Phi) is 18.1. The normalized spacial score (nSPS) is 13.3. The Morgan fingerprint density at radius 1 is 0.658 bits per heavy atom. The number of alkyl halides is 6. The standard InChI is InChI=1S/C30H33F3N2O4S.C25H25F3N2O2S/c1-4-38-28(37)13-14-34(20(2)3)18-27(36)35-15-12-22-16-23(10-11-26(22)35)39-19-24-17-25(21-8-6-5-7-9-21)29(40-24)30(31,32)33;1-16(2)29-14-23(31)30-11-10-18-12-19(8-9-22(18)30)32-15-20-13-21(17-6-4-3-5-7-17)24(33-20)25(26,27)28/h5-11,16-17,20H,4,12-15,18-19H2,1-3H3;3-9,12-13,16,29H,10-11,14-15H2,1-2H3. The number of nitrogens with zero attached hydrogens (tertiary/aromatic N) is 3. The maximum absolute atomic E-state index is 13.7. The summed E-state index contributed by atoms with van der Waals surface area (Å²) in [4.78, 5) is 42.6. The van der Waals surface area contributed by atoms with Crippen LogP contribution in [-0.4, -0.2) is 74.1 Å². The highest BCUT2D eigenvalue weighted by molar-refractivity contribution is 7.13. The minimum Gasteiger partial charge on any atom is -0.488 e. The summed E-state index contributed by atoms with van der Waals surface area (Å²) < 4.78 is 98.6. The Labute approximate surface area is 429 Å². The molecule has 388 valence electrons. The maximum atomic E-state index is 13.7. The van der Waals surface area contributed by atoms with Crippen LogP contribution in [0.2, 0.25) is 0 Å². The zero-order chi connectivity index (χ0) is 52.5. The van der Waals surface area contributed by atoms with Gasteiger partial charge in [0.15, 0.2) is 0 Å². The monoisotopic (exact) mass is 1050 g/mol. The van der Waals surface area contributed by atoms with E-state index in [4.69, 9.17) is 14.2 Å². The molecule has 0 aliphatic carbocycles. The third-order valence-corrected chi connectivity index (χ3v) is 14.5. The molecule has 4 heterocycles. The van der Waals surface area contributed by atoms with E-state index in [9.17, 15) is 40.7 Å². The van der Waals surface area contributed by atoms with Crippen molar-refractivity contribution in [1.82, 2.24) is 10.2 Å². The van der Waals surface area contributed by atoms with Crippen LogP contribution in [0.4, 0.5) is 37.7 Å². The largest absolute Gasteiger partial charge is 0.488 e. The van der Waals surface area contributed by atoms with Crippen molar-refractivity contribution in [3.05, 3.63) is 140 Å². The van der Waals surface area contributed by atoms with Gasteiger partial charge in [0.1, 0.15) is 34.5 Å². The lowest BCUT2D eigenvalue weighted by atomic mass is 10.1. The van der Waals surface area contributed by atoms with Crippen molar-refractivity contribution < 1.29 is 54.9 Å². The van der Waals surface area contributed by atoms with Crippen LogP contribution in [0.25, 0.3) is 22.3 Å². The average Bonchev–Trinajstić information content (AvgIpc) is 4.19. The first-order valence-corrected chi connectivity index (χ1v) is 25.7. The smallest absolute Gasteiger partial charge is 0.426 e. The first kappa shape index (κ1) is 54.6. The fourth-order valence-corrected chi connectivity index (χ4v) is 10.4. The fraction of sp³-hybridized carbons (Fsp3) is 0.364. The predicted molar refractivity (Wildman–Crippen MR) is 274 cm³/mol. The van der Waals surface area contributed by atoms with Crippen molar-refractivity contribution >= 4 is 51.8 Å². The third kappa shape index (κ3) is 14.3. The van der Waals surface area contributed by atoms with Crippen molar-refractivity contribution in [2.75, 3.05) is 49.1 Å². The lowest BCUT2D eigenvalue weighted by Crippen LogP contribution is -2.43. The average molecular weight is 1050 g/mol. The number of esters is 1. The molecule has 0 spiro atoms. The molecule has 10 nitrogen and oxygen atoms in total. The Bertz CT molecular complexity index is 2830. The van der Waals surface area contributed by atoms with Gasteiger partial charge in [0.25, 0.3) is 0 Å².